The molecule has 2 aliphatic carbocycles. The molecule has 0 radical (unpaired) electrons. The molecule has 2 aliphatic heterocycles. The SMILES string of the molecule is C=C1CCC2C(C)(CCC(O)[C@@]2(C)CO)C1C/C=C1/C(=O)OCC1OC(=O)CCCCC1CCSS1. The second-order valence-corrected chi connectivity index (χ2v) is 14.4. The van der Waals surface area contributed by atoms with Gasteiger partial charge in [0.25, 0.3) is 0 Å². The molecule has 0 aromatic carbocycles. The van der Waals surface area contributed by atoms with E-state index in [4.69, 9.17) is 9.47 Å². The molecular weight excluding hydrogens is 496 g/mol. The summed E-state index contributed by atoms with van der Waals surface area (Å²) in [6.07, 6.45) is 9.15. The Kier molecular flexibility index (Phi) is 9.22. The van der Waals surface area contributed by atoms with Crippen LogP contribution in [0.5, 0.6) is 0 Å². The van der Waals surface area contributed by atoms with Gasteiger partial charge in [-0.3, -0.25) is 4.79 Å². The molecule has 0 aromatic rings. The summed E-state index contributed by atoms with van der Waals surface area (Å²) in [5.41, 5.74) is 0.912. The van der Waals surface area contributed by atoms with Crippen LogP contribution in [0.4, 0.5) is 0 Å². The van der Waals surface area contributed by atoms with Crippen LogP contribution >= 0.6 is 21.6 Å². The van der Waals surface area contributed by atoms with Crippen molar-refractivity contribution in [1.29, 1.82) is 0 Å². The average molecular weight is 539 g/mol. The molecule has 4 aliphatic rings. The Balaban J connectivity index is 1.37. The predicted molar refractivity (Wildman–Crippen MR) is 144 cm³/mol. The first-order valence-electron chi connectivity index (χ1n) is 13.5. The summed E-state index contributed by atoms with van der Waals surface area (Å²) >= 11 is 0. The molecule has 6 unspecified atom stereocenters. The minimum atomic E-state index is -0.650. The Hall–Kier alpha value is -0.960. The van der Waals surface area contributed by atoms with Gasteiger partial charge in [-0.05, 0) is 68.6 Å². The van der Waals surface area contributed by atoms with Crippen LogP contribution in [0.3, 0.4) is 0 Å². The van der Waals surface area contributed by atoms with E-state index in [1.54, 1.807) is 0 Å². The van der Waals surface area contributed by atoms with Crippen molar-refractivity contribution >= 4 is 33.5 Å². The zero-order valence-electron chi connectivity index (χ0n) is 21.7. The molecule has 2 saturated heterocycles. The van der Waals surface area contributed by atoms with Crippen molar-refractivity contribution in [1.82, 2.24) is 0 Å². The highest BCUT2D eigenvalue weighted by atomic mass is 33.1. The number of esters is 2. The average Bonchev–Trinajstić information content (AvgIpc) is 3.49. The quantitative estimate of drug-likeness (QED) is 0.136. The van der Waals surface area contributed by atoms with E-state index in [2.05, 4.69) is 13.5 Å². The number of cyclic esters (lactones) is 1. The van der Waals surface area contributed by atoms with Crippen LogP contribution in [0.2, 0.25) is 0 Å². The van der Waals surface area contributed by atoms with Crippen molar-refractivity contribution in [2.45, 2.75) is 95.5 Å². The first-order chi connectivity index (χ1) is 17.2. The van der Waals surface area contributed by atoms with Gasteiger partial charge in [-0.15, -0.1) is 0 Å². The van der Waals surface area contributed by atoms with E-state index in [9.17, 15) is 19.8 Å². The van der Waals surface area contributed by atoms with Crippen LogP contribution in [0.15, 0.2) is 23.8 Å². The van der Waals surface area contributed by atoms with Crippen LogP contribution in [0.25, 0.3) is 0 Å². The second-order valence-electron chi connectivity index (χ2n) is 11.6. The Morgan fingerprint density at radius 2 is 2.08 bits per heavy atom. The molecule has 36 heavy (non-hydrogen) atoms. The molecule has 2 N–H and O–H groups in total. The van der Waals surface area contributed by atoms with Gasteiger partial charge in [0, 0.05) is 22.8 Å². The molecule has 4 rings (SSSR count). The molecule has 0 spiro atoms. The lowest BCUT2D eigenvalue weighted by molar-refractivity contribution is -0.151. The zero-order valence-corrected chi connectivity index (χ0v) is 23.3. The number of allylic oxidation sites excluding steroid dienone is 2. The fraction of sp³-hybridized carbons (Fsp3) is 0.786. The summed E-state index contributed by atoms with van der Waals surface area (Å²) in [5, 5.41) is 21.6. The van der Waals surface area contributed by atoms with Crippen molar-refractivity contribution < 1.29 is 29.3 Å². The van der Waals surface area contributed by atoms with E-state index in [1.807, 2.05) is 34.6 Å². The molecule has 4 fully saturated rings. The van der Waals surface area contributed by atoms with Crippen LogP contribution in [-0.4, -0.2) is 58.6 Å². The summed E-state index contributed by atoms with van der Waals surface area (Å²) in [4.78, 5) is 25.0. The summed E-state index contributed by atoms with van der Waals surface area (Å²) < 4.78 is 10.9. The molecule has 0 amide bonds. The van der Waals surface area contributed by atoms with Crippen molar-refractivity contribution in [3.8, 4) is 0 Å². The van der Waals surface area contributed by atoms with Gasteiger partial charge >= 0.3 is 11.9 Å². The van der Waals surface area contributed by atoms with Gasteiger partial charge in [-0.2, -0.15) is 0 Å². The molecule has 8 heteroatoms. The number of carbonyl (C=O) groups is 2. The maximum atomic E-state index is 12.5. The molecular formula is C28H42O6S2. The lowest BCUT2D eigenvalue weighted by Crippen LogP contribution is -2.57. The minimum Gasteiger partial charge on any atom is -0.458 e. The van der Waals surface area contributed by atoms with Crippen LogP contribution in [-0.2, 0) is 19.1 Å². The minimum absolute atomic E-state index is 0.0441. The van der Waals surface area contributed by atoms with Gasteiger partial charge < -0.3 is 19.7 Å². The molecule has 6 nitrogen and oxygen atoms in total. The molecule has 0 bridgehead atoms. The number of hydrogen-bond donors (Lipinski definition) is 2. The second kappa shape index (κ2) is 11.8. The van der Waals surface area contributed by atoms with Gasteiger partial charge in [0.2, 0.25) is 0 Å². The fourth-order valence-electron chi connectivity index (χ4n) is 7.07. The highest BCUT2D eigenvalue weighted by Crippen LogP contribution is 2.61. The van der Waals surface area contributed by atoms with Gasteiger partial charge in [-0.25, -0.2) is 4.79 Å². The topological polar surface area (TPSA) is 93.1 Å². The highest BCUT2D eigenvalue weighted by molar-refractivity contribution is 8.77. The largest absolute Gasteiger partial charge is 0.458 e. The Bertz CT molecular complexity index is 868. The maximum Gasteiger partial charge on any atom is 0.337 e. The summed E-state index contributed by atoms with van der Waals surface area (Å²) in [7, 11) is 3.90. The number of fused-ring (bicyclic) bond motifs is 1. The van der Waals surface area contributed by atoms with E-state index in [1.165, 1.54) is 12.2 Å². The molecule has 0 aromatic heterocycles. The zero-order chi connectivity index (χ0) is 25.9. The van der Waals surface area contributed by atoms with Gasteiger partial charge in [0.15, 0.2) is 6.10 Å². The van der Waals surface area contributed by atoms with Crippen LogP contribution in [0, 0.1) is 22.7 Å². The molecule has 7 atom stereocenters. The van der Waals surface area contributed by atoms with E-state index in [0.717, 1.165) is 44.1 Å². The number of hydrogen-bond acceptors (Lipinski definition) is 8. The van der Waals surface area contributed by atoms with E-state index in [0.29, 0.717) is 30.1 Å². The maximum absolute atomic E-state index is 12.5. The Morgan fingerprint density at radius 3 is 2.81 bits per heavy atom. The lowest BCUT2D eigenvalue weighted by atomic mass is 9.46. The number of aliphatic hydroxyl groups is 2. The summed E-state index contributed by atoms with van der Waals surface area (Å²) in [6, 6.07) is 0. The smallest absolute Gasteiger partial charge is 0.337 e. The first-order valence-corrected chi connectivity index (χ1v) is 15.9. The summed E-state index contributed by atoms with van der Waals surface area (Å²) in [5.74, 6) is 0.827. The number of ether oxygens (including phenoxy) is 2. The Morgan fingerprint density at radius 1 is 1.28 bits per heavy atom. The van der Waals surface area contributed by atoms with Crippen LogP contribution in [0.1, 0.15) is 78.1 Å². The van der Waals surface area contributed by atoms with Crippen LogP contribution < -0.4 is 0 Å². The van der Waals surface area contributed by atoms with E-state index >= 15 is 0 Å². The lowest BCUT2D eigenvalue weighted by Gasteiger charge is -2.59. The van der Waals surface area contributed by atoms with Gasteiger partial charge in [-0.1, -0.05) is 60.1 Å². The molecule has 2 heterocycles. The third kappa shape index (κ3) is 5.71. The standard InChI is InChI=1S/C28H42O6S2/c1-18-8-11-23-27(2,14-12-24(30)28(23,3)17-29)21(18)10-9-20-22(16-33-26(20)32)34-25(31)7-5-4-6-19-13-15-35-36-19/h9,19,21-24,29-30H,1,4-8,10-17H2,2-3H3/b20-9+/t19?,21?,22?,23?,24?,27?,28-/m0/s1. The molecule has 2 saturated carbocycles. The monoisotopic (exact) mass is 538 g/mol. The Labute approximate surface area is 223 Å². The van der Waals surface area contributed by atoms with Crippen molar-refractivity contribution in [3.05, 3.63) is 23.8 Å². The van der Waals surface area contributed by atoms with Crippen molar-refractivity contribution in [2.24, 2.45) is 22.7 Å². The molecule has 202 valence electrons. The number of aliphatic hydroxyl groups excluding tert-OH is 2. The van der Waals surface area contributed by atoms with E-state index in [-0.39, 0.29) is 36.4 Å². The van der Waals surface area contributed by atoms with E-state index < -0.39 is 23.6 Å². The normalized spacial score (nSPS) is 39.8. The van der Waals surface area contributed by atoms with Crippen molar-refractivity contribution in [3.63, 3.8) is 0 Å². The number of carbonyl (C=O) groups excluding carboxylic acids is 2. The van der Waals surface area contributed by atoms with Crippen molar-refractivity contribution in [2.75, 3.05) is 19.0 Å². The van der Waals surface area contributed by atoms with Gasteiger partial charge in [0.1, 0.15) is 6.61 Å². The fourth-order valence-corrected chi connectivity index (χ4v) is 10.1. The summed E-state index contributed by atoms with van der Waals surface area (Å²) in [6.45, 7) is 8.65. The third-order valence-electron chi connectivity index (χ3n) is 9.37. The van der Waals surface area contributed by atoms with Gasteiger partial charge in [0.05, 0.1) is 18.3 Å². The highest BCUT2D eigenvalue weighted by Gasteiger charge is 2.57. The first kappa shape index (κ1) is 28.1. The predicted octanol–water partition coefficient (Wildman–Crippen LogP) is 5.23. The number of unbranched alkanes of at least 4 members (excludes halogenated alkanes) is 1. The third-order valence-corrected chi connectivity index (χ3v) is 12.4. The number of rotatable bonds is 9.